The molecule has 8 bridgehead atoms. The van der Waals surface area contributed by atoms with Gasteiger partial charge in [-0.15, -0.1) is 0 Å². The van der Waals surface area contributed by atoms with Crippen LogP contribution in [0.1, 0.15) is 22.3 Å². The molecule has 0 unspecified atom stereocenters. The van der Waals surface area contributed by atoms with E-state index in [0.29, 0.717) is 26.4 Å². The molecule has 0 aliphatic carbocycles. The average Bonchev–Trinajstić information content (AvgIpc) is 2.95. The third kappa shape index (κ3) is 7.17. The molecule has 0 saturated heterocycles. The van der Waals surface area contributed by atoms with Gasteiger partial charge in [-0.2, -0.15) is 0 Å². The Labute approximate surface area is 226 Å². The van der Waals surface area contributed by atoms with E-state index < -0.39 is 0 Å². The summed E-state index contributed by atoms with van der Waals surface area (Å²) in [6.07, 6.45) is 0. The summed E-state index contributed by atoms with van der Waals surface area (Å²) in [5.74, 6) is 0. The number of benzene rings is 4. The minimum absolute atomic E-state index is 0.703. The van der Waals surface area contributed by atoms with Crippen molar-refractivity contribution < 1.29 is 9.47 Å². The van der Waals surface area contributed by atoms with Crippen molar-refractivity contribution in [2.45, 2.75) is 26.2 Å². The Morgan fingerprint density at radius 3 is 0.895 bits per heavy atom. The van der Waals surface area contributed by atoms with Crippen LogP contribution in [0.5, 0.6) is 0 Å². The second-order valence-corrected chi connectivity index (χ2v) is 9.79. The van der Waals surface area contributed by atoms with Gasteiger partial charge < -0.3 is 30.7 Å². The Morgan fingerprint density at radius 1 is 0.368 bits per heavy atom. The Kier molecular flexibility index (Phi) is 10.1. The molecule has 6 nitrogen and oxygen atoms in total. The SMILES string of the molecule is c1cc2c3cccc(c3c1)CNCCOCCNCc1cccc3c(cccc13)CNCCOCCNC2. The van der Waals surface area contributed by atoms with Crippen molar-refractivity contribution in [1.82, 2.24) is 21.3 Å². The van der Waals surface area contributed by atoms with Crippen molar-refractivity contribution in [3.8, 4) is 0 Å². The minimum atomic E-state index is 0.703. The normalized spacial score (nSPS) is 17.7. The molecule has 0 amide bonds. The second-order valence-electron chi connectivity index (χ2n) is 9.79. The Hall–Kier alpha value is -2.84. The van der Waals surface area contributed by atoms with Crippen molar-refractivity contribution >= 4 is 21.5 Å². The predicted octanol–water partition coefficient (Wildman–Crippen LogP) is 4.10. The van der Waals surface area contributed by atoms with Gasteiger partial charge in [0.05, 0.1) is 26.4 Å². The Balaban J connectivity index is 1.21. The number of rotatable bonds is 0. The molecule has 4 aromatic rings. The fraction of sp³-hybridized carbons (Fsp3) is 0.375. The van der Waals surface area contributed by atoms with Gasteiger partial charge in [0.1, 0.15) is 0 Å². The third-order valence-electron chi connectivity index (χ3n) is 7.16. The smallest absolute Gasteiger partial charge is 0.0591 e. The number of hydrogen-bond donors (Lipinski definition) is 4. The van der Waals surface area contributed by atoms with Gasteiger partial charge in [-0.25, -0.2) is 0 Å². The zero-order valence-corrected chi connectivity index (χ0v) is 22.2. The van der Waals surface area contributed by atoms with Crippen LogP contribution in [0, 0.1) is 0 Å². The molecule has 1 aliphatic heterocycles. The van der Waals surface area contributed by atoms with Crippen LogP contribution >= 0.6 is 0 Å². The highest BCUT2D eigenvalue weighted by molar-refractivity contribution is 5.89. The van der Waals surface area contributed by atoms with Gasteiger partial charge in [-0.3, -0.25) is 0 Å². The highest BCUT2D eigenvalue weighted by Crippen LogP contribution is 2.24. The number of nitrogens with one attached hydrogen (secondary N) is 4. The minimum Gasteiger partial charge on any atom is -0.379 e. The van der Waals surface area contributed by atoms with Gasteiger partial charge in [0.15, 0.2) is 0 Å². The quantitative estimate of drug-likeness (QED) is 0.285. The first-order valence-corrected chi connectivity index (χ1v) is 13.9. The maximum atomic E-state index is 5.88. The highest BCUT2D eigenvalue weighted by atomic mass is 16.5. The molecule has 6 heteroatoms. The van der Waals surface area contributed by atoms with Crippen molar-refractivity contribution in [3.63, 3.8) is 0 Å². The van der Waals surface area contributed by atoms with Gasteiger partial charge in [0.25, 0.3) is 0 Å². The predicted molar refractivity (Wildman–Crippen MR) is 156 cm³/mol. The first kappa shape index (κ1) is 26.8. The molecule has 0 radical (unpaired) electrons. The monoisotopic (exact) mass is 512 g/mol. The lowest BCUT2D eigenvalue weighted by molar-refractivity contribution is 0.137. The summed E-state index contributed by atoms with van der Waals surface area (Å²) in [6.45, 7) is 9.47. The molecular formula is C32H40N4O2. The lowest BCUT2D eigenvalue weighted by Gasteiger charge is -2.14. The molecule has 4 aromatic carbocycles. The summed E-state index contributed by atoms with van der Waals surface area (Å²) in [6, 6.07) is 26.4. The van der Waals surface area contributed by atoms with Crippen LogP contribution in [0.3, 0.4) is 0 Å². The van der Waals surface area contributed by atoms with E-state index in [1.54, 1.807) is 0 Å². The zero-order valence-electron chi connectivity index (χ0n) is 22.2. The number of ether oxygens (including phenoxy) is 2. The summed E-state index contributed by atoms with van der Waals surface area (Å²) in [4.78, 5) is 0. The molecule has 1 heterocycles. The van der Waals surface area contributed by atoms with Crippen LogP contribution in [0.2, 0.25) is 0 Å². The maximum absolute atomic E-state index is 5.88. The molecule has 0 saturated carbocycles. The third-order valence-corrected chi connectivity index (χ3v) is 7.16. The van der Waals surface area contributed by atoms with Crippen LogP contribution in [-0.4, -0.2) is 52.6 Å². The van der Waals surface area contributed by atoms with Crippen molar-refractivity contribution in [2.24, 2.45) is 0 Å². The van der Waals surface area contributed by atoms with Crippen LogP contribution in [0.4, 0.5) is 0 Å². The van der Waals surface area contributed by atoms with E-state index in [-0.39, 0.29) is 0 Å². The van der Waals surface area contributed by atoms with Gasteiger partial charge in [0, 0.05) is 52.4 Å². The molecule has 5 rings (SSSR count). The molecule has 0 spiro atoms. The largest absolute Gasteiger partial charge is 0.379 e. The molecule has 38 heavy (non-hydrogen) atoms. The molecule has 200 valence electrons. The molecule has 0 aromatic heterocycles. The van der Waals surface area contributed by atoms with E-state index in [9.17, 15) is 0 Å². The fourth-order valence-electron chi connectivity index (χ4n) is 5.17. The van der Waals surface area contributed by atoms with E-state index in [0.717, 1.165) is 52.4 Å². The summed E-state index contributed by atoms with van der Waals surface area (Å²) < 4.78 is 11.8. The summed E-state index contributed by atoms with van der Waals surface area (Å²) in [7, 11) is 0. The van der Waals surface area contributed by atoms with Gasteiger partial charge >= 0.3 is 0 Å². The van der Waals surface area contributed by atoms with E-state index in [4.69, 9.17) is 9.47 Å². The standard InChI is InChI=1S/C32H40N4O2/c1-5-25-21-33-13-17-37-19-15-35-23-27-7-3-12-32-28(8-4-11-31(27)32)24-36-16-20-38-18-14-34-22-26-6-2-10-30(25)29(26)9-1/h1-12,33-36H,13-24H2. The van der Waals surface area contributed by atoms with E-state index in [1.165, 1.54) is 43.8 Å². The average molecular weight is 513 g/mol. The van der Waals surface area contributed by atoms with Gasteiger partial charge in [-0.05, 0) is 43.8 Å². The summed E-state index contributed by atoms with van der Waals surface area (Å²) in [5.41, 5.74) is 5.28. The van der Waals surface area contributed by atoms with E-state index >= 15 is 0 Å². The van der Waals surface area contributed by atoms with E-state index in [2.05, 4.69) is 94.1 Å². The molecule has 0 atom stereocenters. The lowest BCUT2D eigenvalue weighted by atomic mass is 10.00. The first-order chi connectivity index (χ1) is 18.9. The molecule has 0 fully saturated rings. The van der Waals surface area contributed by atoms with Crippen molar-refractivity contribution in [1.29, 1.82) is 0 Å². The fourth-order valence-corrected chi connectivity index (χ4v) is 5.17. The number of hydrogen-bond acceptors (Lipinski definition) is 6. The van der Waals surface area contributed by atoms with Crippen molar-refractivity contribution in [3.05, 3.63) is 95.1 Å². The second kappa shape index (κ2) is 14.4. The zero-order chi connectivity index (χ0) is 25.8. The Bertz CT molecular complexity index is 1110. The maximum Gasteiger partial charge on any atom is 0.0591 e. The lowest BCUT2D eigenvalue weighted by Crippen LogP contribution is -2.24. The van der Waals surface area contributed by atoms with Gasteiger partial charge in [0.2, 0.25) is 0 Å². The first-order valence-electron chi connectivity index (χ1n) is 13.9. The van der Waals surface area contributed by atoms with Crippen LogP contribution < -0.4 is 21.3 Å². The van der Waals surface area contributed by atoms with Crippen molar-refractivity contribution in [2.75, 3.05) is 52.6 Å². The van der Waals surface area contributed by atoms with Crippen LogP contribution in [0.25, 0.3) is 21.5 Å². The highest BCUT2D eigenvalue weighted by Gasteiger charge is 2.07. The van der Waals surface area contributed by atoms with E-state index in [1.807, 2.05) is 0 Å². The van der Waals surface area contributed by atoms with Gasteiger partial charge in [-0.1, -0.05) is 72.8 Å². The summed E-state index contributed by atoms with van der Waals surface area (Å²) in [5, 5.41) is 19.5. The molecule has 1 aliphatic rings. The summed E-state index contributed by atoms with van der Waals surface area (Å²) >= 11 is 0. The molecular weight excluding hydrogens is 472 g/mol. The van der Waals surface area contributed by atoms with Crippen LogP contribution in [0.15, 0.2) is 72.8 Å². The molecule has 4 N–H and O–H groups in total. The van der Waals surface area contributed by atoms with Crippen LogP contribution in [-0.2, 0) is 35.7 Å². The Morgan fingerprint density at radius 2 is 0.632 bits per heavy atom. The topological polar surface area (TPSA) is 66.6 Å².